The van der Waals surface area contributed by atoms with Crippen LogP contribution in [0.5, 0.6) is 5.75 Å². The summed E-state index contributed by atoms with van der Waals surface area (Å²) < 4.78 is 33.4. The fourth-order valence-corrected chi connectivity index (χ4v) is 5.04. The van der Waals surface area contributed by atoms with Crippen molar-refractivity contribution in [2.75, 3.05) is 19.0 Å². The molecule has 1 saturated heterocycles. The third-order valence-corrected chi connectivity index (χ3v) is 6.96. The van der Waals surface area contributed by atoms with Crippen LogP contribution < -0.4 is 10.1 Å². The number of carbonyl (C=O) groups is 1. The van der Waals surface area contributed by atoms with Gasteiger partial charge in [0.25, 0.3) is 0 Å². The molecule has 0 spiro atoms. The van der Waals surface area contributed by atoms with Crippen molar-refractivity contribution in [1.82, 2.24) is 4.31 Å². The van der Waals surface area contributed by atoms with Crippen molar-refractivity contribution in [1.29, 1.82) is 0 Å². The van der Waals surface area contributed by atoms with Crippen molar-refractivity contribution >= 4 is 37.5 Å². The van der Waals surface area contributed by atoms with Crippen molar-refractivity contribution in [3.8, 4) is 5.75 Å². The molecule has 6 nitrogen and oxygen atoms in total. The number of nitrogens with one attached hydrogen (secondary N) is 1. The molecule has 1 aliphatic heterocycles. The normalized spacial score (nSPS) is 18.1. The Kier molecular flexibility index (Phi) is 6.18. The Balaban J connectivity index is 1.84. The highest BCUT2D eigenvalue weighted by Crippen LogP contribution is 2.27. The number of rotatable bonds is 5. The number of hydrogen-bond acceptors (Lipinski definition) is 4. The second-order valence-electron chi connectivity index (χ2n) is 6.30. The van der Waals surface area contributed by atoms with Gasteiger partial charge in [0.15, 0.2) is 0 Å². The zero-order chi connectivity index (χ0) is 19.4. The van der Waals surface area contributed by atoms with Crippen molar-refractivity contribution < 1.29 is 17.9 Å². The van der Waals surface area contributed by atoms with Gasteiger partial charge in [0.2, 0.25) is 15.9 Å². The molecular formula is C19H21BrN2O4S. The number of nitrogens with zero attached hydrogens (tertiary/aromatic N) is 1. The van der Waals surface area contributed by atoms with Crippen molar-refractivity contribution in [2.45, 2.75) is 30.2 Å². The smallest absolute Gasteiger partial charge is 0.243 e. The van der Waals surface area contributed by atoms with E-state index in [0.29, 0.717) is 24.4 Å². The predicted molar refractivity (Wildman–Crippen MR) is 107 cm³/mol. The molecule has 1 unspecified atom stereocenters. The van der Waals surface area contributed by atoms with Crippen LogP contribution in [0.3, 0.4) is 0 Å². The summed E-state index contributed by atoms with van der Waals surface area (Å²) in [6.45, 7) is 0.328. The first kappa shape index (κ1) is 19.9. The summed E-state index contributed by atoms with van der Waals surface area (Å²) in [7, 11) is -2.20. The van der Waals surface area contributed by atoms with Crippen molar-refractivity contribution in [3.63, 3.8) is 0 Å². The molecule has 0 aliphatic carbocycles. The molecule has 1 aliphatic rings. The summed E-state index contributed by atoms with van der Waals surface area (Å²) in [5.41, 5.74) is 0.575. The number of hydrogen-bond donors (Lipinski definition) is 1. The summed E-state index contributed by atoms with van der Waals surface area (Å²) in [6, 6.07) is 12.7. The van der Waals surface area contributed by atoms with Crippen molar-refractivity contribution in [3.05, 3.63) is 53.0 Å². The molecule has 0 saturated carbocycles. The first-order chi connectivity index (χ1) is 12.9. The number of ether oxygens (including phenoxy) is 1. The maximum atomic E-state index is 13.1. The van der Waals surface area contributed by atoms with Crippen LogP contribution >= 0.6 is 15.9 Å². The number of piperidine rings is 1. The fraction of sp³-hybridized carbons (Fsp3) is 0.316. The zero-order valence-corrected chi connectivity index (χ0v) is 17.3. The molecule has 1 atom stereocenters. The minimum atomic E-state index is -3.75. The van der Waals surface area contributed by atoms with Gasteiger partial charge in [0.1, 0.15) is 11.8 Å². The topological polar surface area (TPSA) is 75.7 Å². The summed E-state index contributed by atoms with van der Waals surface area (Å²) in [4.78, 5) is 13.0. The molecule has 0 aromatic heterocycles. The number of halogens is 1. The Bertz CT molecular complexity index is 916. The van der Waals surface area contributed by atoms with Gasteiger partial charge >= 0.3 is 0 Å². The van der Waals surface area contributed by atoms with E-state index in [2.05, 4.69) is 21.2 Å². The summed E-state index contributed by atoms with van der Waals surface area (Å²) >= 11 is 3.31. The van der Waals surface area contributed by atoms with Crippen molar-refractivity contribution in [2.24, 2.45) is 0 Å². The van der Waals surface area contributed by atoms with E-state index in [1.807, 2.05) is 0 Å². The number of benzene rings is 2. The average molecular weight is 453 g/mol. The summed E-state index contributed by atoms with van der Waals surface area (Å²) in [5, 5.41) is 2.82. The first-order valence-electron chi connectivity index (χ1n) is 8.64. The molecule has 1 fully saturated rings. The largest absolute Gasteiger partial charge is 0.497 e. The van der Waals surface area contributed by atoms with E-state index in [0.717, 1.165) is 17.3 Å². The third-order valence-electron chi connectivity index (χ3n) is 4.51. The highest BCUT2D eigenvalue weighted by Gasteiger charge is 2.37. The molecule has 27 heavy (non-hydrogen) atoms. The van der Waals surface area contributed by atoms with E-state index >= 15 is 0 Å². The van der Waals surface area contributed by atoms with Crippen LogP contribution in [0.4, 0.5) is 5.69 Å². The quantitative estimate of drug-likeness (QED) is 0.750. The second-order valence-corrected chi connectivity index (χ2v) is 9.11. The highest BCUT2D eigenvalue weighted by molar-refractivity contribution is 9.10. The number of sulfonamides is 1. The molecular weight excluding hydrogens is 432 g/mol. The van der Waals surface area contributed by atoms with Gasteiger partial charge in [-0.3, -0.25) is 4.79 Å². The summed E-state index contributed by atoms with van der Waals surface area (Å²) in [5.74, 6) is 0.291. The number of methoxy groups -OCH3 is 1. The lowest BCUT2D eigenvalue weighted by molar-refractivity contribution is -0.120. The van der Waals surface area contributed by atoms with Gasteiger partial charge in [0, 0.05) is 22.8 Å². The molecule has 2 aromatic carbocycles. The number of anilines is 1. The van der Waals surface area contributed by atoms with E-state index in [9.17, 15) is 13.2 Å². The van der Waals surface area contributed by atoms with Gasteiger partial charge in [-0.05, 0) is 49.2 Å². The van der Waals surface area contributed by atoms with Crippen LogP contribution in [0, 0.1) is 0 Å². The minimum absolute atomic E-state index is 0.187. The standard InChI is InChI=1S/C19H21BrN2O4S/c1-26-16-6-4-5-15(13-16)21-19(23)18-7-2-3-12-22(18)27(24,25)17-10-8-14(20)9-11-17/h4-6,8-11,13,18H,2-3,7,12H2,1H3,(H,21,23). The zero-order valence-electron chi connectivity index (χ0n) is 14.9. The lowest BCUT2D eigenvalue weighted by atomic mass is 10.0. The second kappa shape index (κ2) is 8.41. The van der Waals surface area contributed by atoms with E-state index in [-0.39, 0.29) is 10.8 Å². The van der Waals surface area contributed by atoms with Crippen LogP contribution in [0.2, 0.25) is 0 Å². The van der Waals surface area contributed by atoms with Gasteiger partial charge in [0.05, 0.1) is 12.0 Å². The van der Waals surface area contributed by atoms with Gasteiger partial charge < -0.3 is 10.1 Å². The lowest BCUT2D eigenvalue weighted by Crippen LogP contribution is -2.49. The molecule has 0 radical (unpaired) electrons. The first-order valence-corrected chi connectivity index (χ1v) is 10.9. The third kappa shape index (κ3) is 4.51. The Hall–Kier alpha value is -1.90. The van der Waals surface area contributed by atoms with Crippen LogP contribution in [-0.4, -0.2) is 38.3 Å². The molecule has 2 aromatic rings. The average Bonchev–Trinajstić information content (AvgIpc) is 2.68. The molecule has 1 amide bonds. The van der Waals surface area contributed by atoms with Crippen LogP contribution in [0.15, 0.2) is 57.9 Å². The fourth-order valence-electron chi connectivity index (χ4n) is 3.12. The molecule has 8 heteroatoms. The van der Waals surface area contributed by atoms with Gasteiger partial charge in [-0.15, -0.1) is 0 Å². The number of carbonyl (C=O) groups excluding carboxylic acids is 1. The van der Waals surface area contributed by atoms with Crippen LogP contribution in [0.1, 0.15) is 19.3 Å². The van der Waals surface area contributed by atoms with E-state index in [4.69, 9.17) is 4.74 Å². The molecule has 144 valence electrons. The monoisotopic (exact) mass is 452 g/mol. The minimum Gasteiger partial charge on any atom is -0.497 e. The Morgan fingerprint density at radius 2 is 1.93 bits per heavy atom. The number of amides is 1. The molecule has 0 bridgehead atoms. The Morgan fingerprint density at radius 1 is 1.19 bits per heavy atom. The molecule has 3 rings (SSSR count). The van der Waals surface area contributed by atoms with Gasteiger partial charge in [-0.1, -0.05) is 28.4 Å². The van der Waals surface area contributed by atoms with Gasteiger partial charge in [-0.2, -0.15) is 4.31 Å². The van der Waals surface area contributed by atoms with Crippen LogP contribution in [0.25, 0.3) is 0 Å². The SMILES string of the molecule is COc1cccc(NC(=O)C2CCCCN2S(=O)(=O)c2ccc(Br)cc2)c1. The van der Waals surface area contributed by atoms with E-state index < -0.39 is 16.1 Å². The van der Waals surface area contributed by atoms with E-state index in [1.165, 1.54) is 4.31 Å². The Labute approximate surface area is 167 Å². The maximum Gasteiger partial charge on any atom is 0.243 e. The Morgan fingerprint density at radius 3 is 2.63 bits per heavy atom. The summed E-state index contributed by atoms with van der Waals surface area (Å²) in [6.07, 6.45) is 2.03. The van der Waals surface area contributed by atoms with Crippen LogP contribution in [-0.2, 0) is 14.8 Å². The molecule has 1 N–H and O–H groups in total. The van der Waals surface area contributed by atoms with Gasteiger partial charge in [-0.25, -0.2) is 8.42 Å². The maximum absolute atomic E-state index is 13.1. The molecule has 1 heterocycles. The lowest BCUT2D eigenvalue weighted by Gasteiger charge is -2.33. The predicted octanol–water partition coefficient (Wildman–Crippen LogP) is 3.64. The highest BCUT2D eigenvalue weighted by atomic mass is 79.9. The van der Waals surface area contributed by atoms with E-state index in [1.54, 1.807) is 55.6 Å².